The van der Waals surface area contributed by atoms with Crippen LogP contribution in [0.2, 0.25) is 0 Å². The lowest BCUT2D eigenvalue weighted by Gasteiger charge is -2.17. The Labute approximate surface area is 122 Å². The molecule has 1 atom stereocenters. The molecule has 0 aromatic carbocycles. The van der Waals surface area contributed by atoms with E-state index >= 15 is 0 Å². The number of hydrogen-bond acceptors (Lipinski definition) is 5. The molecule has 1 fully saturated rings. The summed E-state index contributed by atoms with van der Waals surface area (Å²) >= 11 is 0. The maximum atomic E-state index is 12.1. The fourth-order valence-electron chi connectivity index (χ4n) is 2.79. The maximum Gasteiger partial charge on any atom is 0.291 e. The van der Waals surface area contributed by atoms with Crippen LogP contribution in [-0.2, 0) is 0 Å². The molecule has 2 N–H and O–H groups in total. The van der Waals surface area contributed by atoms with E-state index in [0.29, 0.717) is 11.7 Å². The molecule has 1 aliphatic carbocycles. The number of nitrogens with one attached hydrogen (secondary N) is 1. The van der Waals surface area contributed by atoms with Gasteiger partial charge < -0.3 is 10.4 Å². The number of fused-ring (bicyclic) bond motifs is 1. The number of amides is 1. The number of rotatable bonds is 4. The van der Waals surface area contributed by atoms with E-state index in [4.69, 9.17) is 0 Å². The number of aromatic nitrogens is 4. The SMILES string of the molecule is Cc1ccnc2nc(C(=O)NCC(O)C3CCCC3)nn12. The molecule has 2 heterocycles. The van der Waals surface area contributed by atoms with Crippen LogP contribution in [0.5, 0.6) is 0 Å². The van der Waals surface area contributed by atoms with E-state index in [9.17, 15) is 9.90 Å². The second kappa shape index (κ2) is 5.77. The van der Waals surface area contributed by atoms with Crippen LogP contribution >= 0.6 is 0 Å². The molecule has 0 spiro atoms. The van der Waals surface area contributed by atoms with Crippen LogP contribution in [0.3, 0.4) is 0 Å². The van der Waals surface area contributed by atoms with Gasteiger partial charge in [-0.1, -0.05) is 12.8 Å². The van der Waals surface area contributed by atoms with Crippen molar-refractivity contribution in [3.8, 4) is 0 Å². The van der Waals surface area contributed by atoms with Crippen molar-refractivity contribution in [1.82, 2.24) is 24.9 Å². The molecule has 1 aliphatic rings. The number of carbonyl (C=O) groups excluding carboxylic acids is 1. The highest BCUT2D eigenvalue weighted by atomic mass is 16.3. The molecule has 2 aromatic heterocycles. The number of nitrogens with zero attached hydrogens (tertiary/aromatic N) is 4. The summed E-state index contributed by atoms with van der Waals surface area (Å²) in [6.07, 6.45) is 5.53. The molecule has 0 saturated heterocycles. The molecule has 112 valence electrons. The summed E-state index contributed by atoms with van der Waals surface area (Å²) in [6.45, 7) is 2.11. The molecule has 21 heavy (non-hydrogen) atoms. The molecule has 0 aliphatic heterocycles. The minimum atomic E-state index is -0.492. The van der Waals surface area contributed by atoms with Gasteiger partial charge in [0, 0.05) is 18.4 Å². The van der Waals surface area contributed by atoms with Crippen LogP contribution in [0.25, 0.3) is 5.78 Å². The van der Waals surface area contributed by atoms with Crippen LogP contribution < -0.4 is 5.32 Å². The highest BCUT2D eigenvalue weighted by Gasteiger charge is 2.24. The van der Waals surface area contributed by atoms with Gasteiger partial charge >= 0.3 is 0 Å². The Morgan fingerprint density at radius 1 is 1.52 bits per heavy atom. The Bertz CT molecular complexity index is 648. The van der Waals surface area contributed by atoms with E-state index in [-0.39, 0.29) is 18.3 Å². The van der Waals surface area contributed by atoms with Gasteiger partial charge in [-0.15, -0.1) is 5.10 Å². The van der Waals surface area contributed by atoms with Crippen LogP contribution in [0.1, 0.15) is 42.0 Å². The summed E-state index contributed by atoms with van der Waals surface area (Å²) in [5.41, 5.74) is 0.859. The molecule has 7 heteroatoms. The first-order chi connectivity index (χ1) is 10.1. The van der Waals surface area contributed by atoms with E-state index in [1.807, 2.05) is 6.92 Å². The standard InChI is InChI=1S/C14H19N5O2/c1-9-6-7-15-14-17-12(18-19(9)14)13(21)16-8-11(20)10-4-2-3-5-10/h6-7,10-11,20H,2-5,8H2,1H3,(H,16,21). The lowest BCUT2D eigenvalue weighted by molar-refractivity contribution is 0.0832. The predicted molar refractivity (Wildman–Crippen MR) is 75.8 cm³/mol. The molecule has 1 saturated carbocycles. The van der Waals surface area contributed by atoms with Gasteiger partial charge in [0.25, 0.3) is 11.7 Å². The third-order valence-electron chi connectivity index (χ3n) is 4.05. The van der Waals surface area contributed by atoms with E-state index in [1.165, 1.54) is 4.52 Å². The van der Waals surface area contributed by atoms with Crippen molar-refractivity contribution in [3.05, 3.63) is 23.8 Å². The second-order valence-electron chi connectivity index (χ2n) is 5.56. The first-order valence-electron chi connectivity index (χ1n) is 7.30. The van der Waals surface area contributed by atoms with Gasteiger partial charge in [-0.25, -0.2) is 9.50 Å². The largest absolute Gasteiger partial charge is 0.391 e. The van der Waals surface area contributed by atoms with Gasteiger partial charge in [-0.05, 0) is 31.7 Å². The summed E-state index contributed by atoms with van der Waals surface area (Å²) in [4.78, 5) is 20.2. The molecule has 0 radical (unpaired) electrons. The molecule has 2 aromatic rings. The second-order valence-corrected chi connectivity index (χ2v) is 5.56. The Kier molecular flexibility index (Phi) is 3.83. The first-order valence-corrected chi connectivity index (χ1v) is 7.30. The summed E-state index contributed by atoms with van der Waals surface area (Å²) in [5.74, 6) is 0.395. The van der Waals surface area contributed by atoms with E-state index in [2.05, 4.69) is 20.4 Å². The summed E-state index contributed by atoms with van der Waals surface area (Å²) in [7, 11) is 0. The topological polar surface area (TPSA) is 92.4 Å². The molecular weight excluding hydrogens is 270 g/mol. The Hall–Kier alpha value is -2.02. The first kappa shape index (κ1) is 13.9. The van der Waals surface area contributed by atoms with Crippen LogP contribution in [0, 0.1) is 12.8 Å². The zero-order chi connectivity index (χ0) is 14.8. The quantitative estimate of drug-likeness (QED) is 0.865. The smallest absolute Gasteiger partial charge is 0.291 e. The van der Waals surface area contributed by atoms with E-state index in [1.54, 1.807) is 12.3 Å². The van der Waals surface area contributed by atoms with Crippen molar-refractivity contribution in [2.24, 2.45) is 5.92 Å². The molecule has 3 rings (SSSR count). The van der Waals surface area contributed by atoms with Crippen molar-refractivity contribution in [2.75, 3.05) is 6.54 Å². The predicted octanol–water partition coefficient (Wildman–Crippen LogP) is 0.714. The average Bonchev–Trinajstić information content (AvgIpc) is 3.13. The van der Waals surface area contributed by atoms with Gasteiger partial charge in [0.05, 0.1) is 6.10 Å². The minimum Gasteiger partial charge on any atom is -0.391 e. The summed E-state index contributed by atoms with van der Waals surface area (Å²) in [6, 6.07) is 1.80. The zero-order valence-electron chi connectivity index (χ0n) is 12.0. The normalized spacial score (nSPS) is 17.2. The molecule has 1 amide bonds. The Morgan fingerprint density at radius 3 is 3.00 bits per heavy atom. The van der Waals surface area contributed by atoms with Crippen LogP contribution in [0.4, 0.5) is 0 Å². The molecule has 1 unspecified atom stereocenters. The van der Waals surface area contributed by atoms with Crippen molar-refractivity contribution in [3.63, 3.8) is 0 Å². The van der Waals surface area contributed by atoms with Crippen LogP contribution in [-0.4, -0.2) is 43.2 Å². The highest BCUT2D eigenvalue weighted by molar-refractivity contribution is 5.90. The fraction of sp³-hybridized carbons (Fsp3) is 0.571. The average molecular weight is 289 g/mol. The number of aliphatic hydroxyl groups is 1. The Balaban J connectivity index is 1.65. The number of aryl methyl sites for hydroxylation is 1. The van der Waals surface area contributed by atoms with E-state index < -0.39 is 6.10 Å². The van der Waals surface area contributed by atoms with Crippen LogP contribution in [0.15, 0.2) is 12.3 Å². The van der Waals surface area contributed by atoms with Crippen molar-refractivity contribution < 1.29 is 9.90 Å². The number of carbonyl (C=O) groups is 1. The van der Waals surface area contributed by atoms with Gasteiger partial charge in [-0.3, -0.25) is 4.79 Å². The van der Waals surface area contributed by atoms with Crippen molar-refractivity contribution in [2.45, 2.75) is 38.7 Å². The Morgan fingerprint density at radius 2 is 2.29 bits per heavy atom. The van der Waals surface area contributed by atoms with E-state index in [0.717, 1.165) is 31.4 Å². The third-order valence-corrected chi connectivity index (χ3v) is 4.05. The van der Waals surface area contributed by atoms with Crippen molar-refractivity contribution in [1.29, 1.82) is 0 Å². The minimum absolute atomic E-state index is 0.0791. The van der Waals surface area contributed by atoms with Gasteiger partial charge in [-0.2, -0.15) is 4.98 Å². The zero-order valence-corrected chi connectivity index (χ0v) is 12.0. The molecule has 7 nitrogen and oxygen atoms in total. The van der Waals surface area contributed by atoms with Gasteiger partial charge in [0.15, 0.2) is 0 Å². The summed E-state index contributed by atoms with van der Waals surface area (Å²) in [5, 5.41) is 16.9. The fourth-order valence-corrected chi connectivity index (χ4v) is 2.79. The van der Waals surface area contributed by atoms with Gasteiger partial charge in [0.1, 0.15) is 0 Å². The summed E-state index contributed by atoms with van der Waals surface area (Å²) < 4.78 is 1.53. The lowest BCUT2D eigenvalue weighted by Crippen LogP contribution is -2.36. The maximum absolute atomic E-state index is 12.1. The highest BCUT2D eigenvalue weighted by Crippen LogP contribution is 2.27. The monoisotopic (exact) mass is 289 g/mol. The molecule has 0 bridgehead atoms. The van der Waals surface area contributed by atoms with Gasteiger partial charge in [0.2, 0.25) is 5.82 Å². The number of aliphatic hydroxyl groups excluding tert-OH is 1. The third kappa shape index (κ3) is 2.87. The number of hydrogen-bond donors (Lipinski definition) is 2. The van der Waals surface area contributed by atoms with Crippen molar-refractivity contribution >= 4 is 11.7 Å². The molecular formula is C14H19N5O2. The lowest BCUT2D eigenvalue weighted by atomic mass is 10.0.